The van der Waals surface area contributed by atoms with E-state index in [1.165, 1.54) is 6.92 Å². The second-order valence-corrected chi connectivity index (χ2v) is 4.21. The lowest BCUT2D eigenvalue weighted by atomic mass is 10.1. The average molecular weight is 348 g/mol. The predicted molar refractivity (Wildman–Crippen MR) is 65.8 cm³/mol. The zero-order valence-electron chi connectivity index (χ0n) is 11.2. The molecule has 124 valence electrons. The molecule has 22 heavy (non-hydrogen) atoms. The summed E-state index contributed by atoms with van der Waals surface area (Å²) in [6, 6.07) is 0.665. The normalized spacial score (nSPS) is 11.6. The van der Waals surface area contributed by atoms with Gasteiger partial charge in [-0.05, 0) is 13.0 Å². The summed E-state index contributed by atoms with van der Waals surface area (Å²) < 4.78 is 71.1. The number of rotatable bonds is 6. The van der Waals surface area contributed by atoms with Crippen LogP contribution in [0.2, 0.25) is 0 Å². The van der Waals surface area contributed by atoms with Crippen LogP contribution in [-0.4, -0.2) is 23.9 Å². The number of esters is 1. The van der Waals surface area contributed by atoms with Gasteiger partial charge in [-0.15, -0.1) is 24.8 Å². The van der Waals surface area contributed by atoms with Gasteiger partial charge >= 0.3 is 12.3 Å². The minimum absolute atomic E-state index is 0.0105. The molecule has 0 aromatic carbocycles. The molecule has 1 rings (SSSR count). The van der Waals surface area contributed by atoms with Crippen molar-refractivity contribution in [1.29, 1.82) is 0 Å². The summed E-state index contributed by atoms with van der Waals surface area (Å²) in [6.07, 6.45) is -8.80. The molecule has 0 aliphatic rings. The number of hydrogen-bond acceptors (Lipinski definition) is 4. The smallest absolute Gasteiger partial charge is 0.466 e. The summed E-state index contributed by atoms with van der Waals surface area (Å²) >= 11 is 5.44. The maximum Gasteiger partial charge on any atom is 0.573 e. The molecule has 0 saturated carbocycles. The summed E-state index contributed by atoms with van der Waals surface area (Å²) in [5.41, 5.74) is -1.75. The molecule has 0 aliphatic carbocycles. The fourth-order valence-corrected chi connectivity index (χ4v) is 1.79. The van der Waals surface area contributed by atoms with Gasteiger partial charge in [-0.2, -0.15) is 0 Å². The average Bonchev–Trinajstić information content (AvgIpc) is 2.38. The predicted octanol–water partition coefficient (Wildman–Crippen LogP) is 3.76. The van der Waals surface area contributed by atoms with E-state index in [4.69, 9.17) is 11.6 Å². The van der Waals surface area contributed by atoms with E-state index in [1.807, 2.05) is 0 Å². The van der Waals surface area contributed by atoms with Crippen LogP contribution in [0.25, 0.3) is 0 Å². The highest BCUT2D eigenvalue weighted by molar-refractivity contribution is 6.17. The van der Waals surface area contributed by atoms with Crippen LogP contribution in [0.3, 0.4) is 0 Å². The number of ether oxygens (including phenoxy) is 2. The van der Waals surface area contributed by atoms with Crippen molar-refractivity contribution in [1.82, 2.24) is 4.98 Å². The molecule has 0 bridgehead atoms. The quantitative estimate of drug-likeness (QED) is 0.446. The Bertz CT molecular complexity index is 536. The second kappa shape index (κ2) is 7.57. The van der Waals surface area contributed by atoms with Crippen LogP contribution in [0, 0.1) is 0 Å². The third kappa shape index (κ3) is 5.28. The van der Waals surface area contributed by atoms with Crippen LogP contribution < -0.4 is 4.74 Å². The van der Waals surface area contributed by atoms with E-state index < -0.39 is 53.8 Å². The SMILES string of the molecule is CCOC(=O)Cc1cc(C(F)F)nc(CCl)c1OC(F)(F)F. The molecule has 4 nitrogen and oxygen atoms in total. The number of carbonyl (C=O) groups is 1. The number of hydrogen-bond donors (Lipinski definition) is 0. The fraction of sp³-hybridized carbons (Fsp3) is 0.500. The van der Waals surface area contributed by atoms with Gasteiger partial charge in [0.25, 0.3) is 6.43 Å². The second-order valence-electron chi connectivity index (χ2n) is 3.95. The zero-order chi connectivity index (χ0) is 16.9. The molecule has 10 heteroatoms. The van der Waals surface area contributed by atoms with E-state index in [-0.39, 0.29) is 6.61 Å². The molecule has 0 saturated heterocycles. The molecular weight excluding hydrogens is 337 g/mol. The monoisotopic (exact) mass is 347 g/mol. The highest BCUT2D eigenvalue weighted by atomic mass is 35.5. The Kier molecular flexibility index (Phi) is 6.34. The highest BCUT2D eigenvalue weighted by Crippen LogP contribution is 2.33. The summed E-state index contributed by atoms with van der Waals surface area (Å²) in [5, 5.41) is 0. The lowest BCUT2D eigenvalue weighted by molar-refractivity contribution is -0.275. The maximum atomic E-state index is 12.7. The number of halogens is 6. The van der Waals surface area contributed by atoms with Gasteiger partial charge in [-0.1, -0.05) is 0 Å². The summed E-state index contributed by atoms with van der Waals surface area (Å²) in [6.45, 7) is 1.48. The Balaban J connectivity index is 3.32. The molecule has 0 fully saturated rings. The van der Waals surface area contributed by atoms with Gasteiger partial charge in [0.2, 0.25) is 0 Å². The summed E-state index contributed by atoms with van der Waals surface area (Å²) in [4.78, 5) is 14.7. The highest BCUT2D eigenvalue weighted by Gasteiger charge is 2.34. The van der Waals surface area contributed by atoms with Gasteiger partial charge in [-0.25, -0.2) is 13.8 Å². The number of aromatic nitrogens is 1. The van der Waals surface area contributed by atoms with E-state index >= 15 is 0 Å². The van der Waals surface area contributed by atoms with E-state index in [1.54, 1.807) is 0 Å². The van der Waals surface area contributed by atoms with Crippen molar-refractivity contribution in [3.05, 3.63) is 23.0 Å². The number of carbonyl (C=O) groups excluding carboxylic acids is 1. The largest absolute Gasteiger partial charge is 0.573 e. The van der Waals surface area contributed by atoms with Crippen molar-refractivity contribution in [2.45, 2.75) is 32.0 Å². The van der Waals surface area contributed by atoms with Crippen molar-refractivity contribution in [2.24, 2.45) is 0 Å². The van der Waals surface area contributed by atoms with E-state index in [0.29, 0.717) is 6.07 Å². The minimum Gasteiger partial charge on any atom is -0.466 e. The van der Waals surface area contributed by atoms with Crippen LogP contribution in [-0.2, 0) is 21.8 Å². The molecule has 0 amide bonds. The van der Waals surface area contributed by atoms with Gasteiger partial charge in [0.1, 0.15) is 5.69 Å². The van der Waals surface area contributed by atoms with E-state index in [0.717, 1.165) is 0 Å². The number of alkyl halides is 6. The minimum atomic E-state index is -5.09. The Labute approximate surface area is 127 Å². The Hall–Kier alpha value is -1.64. The topological polar surface area (TPSA) is 48.4 Å². The van der Waals surface area contributed by atoms with Crippen molar-refractivity contribution < 1.29 is 36.2 Å². The van der Waals surface area contributed by atoms with Gasteiger partial charge in [0.05, 0.1) is 24.6 Å². The van der Waals surface area contributed by atoms with Gasteiger partial charge < -0.3 is 9.47 Å². The van der Waals surface area contributed by atoms with Crippen LogP contribution in [0.4, 0.5) is 22.0 Å². The van der Waals surface area contributed by atoms with E-state index in [9.17, 15) is 26.7 Å². The molecular formula is C12H11ClF5NO3. The molecule has 0 radical (unpaired) electrons. The lowest BCUT2D eigenvalue weighted by Crippen LogP contribution is -2.21. The molecule has 0 N–H and O–H groups in total. The van der Waals surface area contributed by atoms with Gasteiger partial charge in [-0.3, -0.25) is 4.79 Å². The fourth-order valence-electron chi connectivity index (χ4n) is 1.61. The standard InChI is InChI=1S/C12H11ClF5NO3/c1-2-21-9(20)4-6-3-7(11(14)15)19-8(5-13)10(6)22-12(16,17)18/h3,11H,2,4-5H2,1H3. The third-order valence-electron chi connectivity index (χ3n) is 2.35. The van der Waals surface area contributed by atoms with Crippen molar-refractivity contribution in [3.63, 3.8) is 0 Å². The van der Waals surface area contributed by atoms with Gasteiger partial charge in [0.15, 0.2) is 5.75 Å². The molecule has 0 aliphatic heterocycles. The number of pyridine rings is 1. The first-order valence-electron chi connectivity index (χ1n) is 5.96. The first kappa shape index (κ1) is 18.4. The van der Waals surface area contributed by atoms with Crippen LogP contribution in [0.15, 0.2) is 6.07 Å². The molecule has 0 spiro atoms. The molecule has 1 aromatic rings. The molecule has 1 aromatic heterocycles. The van der Waals surface area contributed by atoms with Gasteiger partial charge in [0, 0.05) is 5.56 Å². The van der Waals surface area contributed by atoms with Crippen LogP contribution in [0.1, 0.15) is 30.3 Å². The van der Waals surface area contributed by atoms with Crippen molar-refractivity contribution >= 4 is 17.6 Å². The summed E-state index contributed by atoms with van der Waals surface area (Å²) in [7, 11) is 0. The number of nitrogens with zero attached hydrogens (tertiary/aromatic N) is 1. The molecule has 0 atom stereocenters. The Morgan fingerprint density at radius 3 is 2.50 bits per heavy atom. The lowest BCUT2D eigenvalue weighted by Gasteiger charge is -2.17. The van der Waals surface area contributed by atoms with Crippen LogP contribution in [0.5, 0.6) is 5.75 Å². The first-order valence-corrected chi connectivity index (χ1v) is 6.49. The maximum absolute atomic E-state index is 12.7. The van der Waals surface area contributed by atoms with E-state index in [2.05, 4.69) is 14.5 Å². The zero-order valence-corrected chi connectivity index (χ0v) is 12.0. The summed E-state index contributed by atoms with van der Waals surface area (Å²) in [5.74, 6) is -2.34. The Morgan fingerprint density at radius 2 is 2.05 bits per heavy atom. The van der Waals surface area contributed by atoms with Crippen molar-refractivity contribution in [3.8, 4) is 5.75 Å². The Morgan fingerprint density at radius 1 is 1.41 bits per heavy atom. The van der Waals surface area contributed by atoms with Crippen LogP contribution >= 0.6 is 11.6 Å². The first-order chi connectivity index (χ1) is 10.2. The molecule has 0 unspecified atom stereocenters. The van der Waals surface area contributed by atoms with Crippen molar-refractivity contribution in [2.75, 3.05) is 6.61 Å². The molecule has 1 heterocycles. The third-order valence-corrected chi connectivity index (χ3v) is 2.60.